The lowest BCUT2D eigenvalue weighted by Crippen LogP contribution is -2.49. The smallest absolute Gasteiger partial charge is 0.342 e. The van der Waals surface area contributed by atoms with Crippen LogP contribution in [-0.2, 0) is 0 Å². The number of pyridine rings is 2. The minimum Gasteiger partial charge on any atom is -0.477 e. The Bertz CT molecular complexity index is 2320. The van der Waals surface area contributed by atoms with E-state index in [2.05, 4.69) is 10.1 Å². The fourth-order valence-electron chi connectivity index (χ4n) is 5.77. The van der Waals surface area contributed by atoms with Crippen LogP contribution in [0, 0.1) is 28.7 Å². The van der Waals surface area contributed by atoms with E-state index in [-0.39, 0.29) is 64.9 Å². The molecule has 46 heavy (non-hydrogen) atoms. The number of para-hydroxylation sites is 1. The van der Waals surface area contributed by atoms with Crippen LogP contribution in [0.15, 0.2) is 57.8 Å². The minimum atomic E-state index is -1.47. The summed E-state index contributed by atoms with van der Waals surface area (Å²) in [5.74, 6) is -3.88. The van der Waals surface area contributed by atoms with Crippen molar-refractivity contribution in [1.29, 1.82) is 0 Å². The number of benzene rings is 2. The molecule has 6 aromatic rings. The number of rotatable bonds is 5. The van der Waals surface area contributed by atoms with Crippen molar-refractivity contribution < 1.29 is 32.9 Å². The maximum atomic E-state index is 14.6. The molecule has 1 N–H and O–H groups in total. The van der Waals surface area contributed by atoms with Crippen LogP contribution in [-0.4, -0.2) is 67.5 Å². The number of carboxylic acid groups (broad SMARTS) is 1. The predicted octanol–water partition coefficient (Wildman–Crippen LogP) is 4.87. The van der Waals surface area contributed by atoms with Crippen molar-refractivity contribution in [1.82, 2.24) is 19.4 Å². The number of hydrogen-bond acceptors (Lipinski definition) is 10. The summed E-state index contributed by atoms with van der Waals surface area (Å²) >= 11 is 1.09. The molecular formula is C30H20F2N6O7S. The van der Waals surface area contributed by atoms with E-state index in [0.29, 0.717) is 10.2 Å². The molecular weight excluding hydrogens is 626 g/mol. The summed E-state index contributed by atoms with van der Waals surface area (Å²) in [6.07, 6.45) is 0. The second-order valence-electron chi connectivity index (χ2n) is 10.5. The van der Waals surface area contributed by atoms with Gasteiger partial charge >= 0.3 is 11.7 Å². The van der Waals surface area contributed by atoms with Gasteiger partial charge in [-0.3, -0.25) is 24.1 Å². The van der Waals surface area contributed by atoms with Crippen molar-refractivity contribution >= 4 is 60.8 Å². The fourth-order valence-corrected chi connectivity index (χ4v) is 6.94. The number of piperazine rings is 1. The molecule has 2 aromatic carbocycles. The normalized spacial score (nSPS) is 13.6. The summed E-state index contributed by atoms with van der Waals surface area (Å²) in [6.45, 7) is 1.71. The molecule has 1 aliphatic rings. The third-order valence-corrected chi connectivity index (χ3v) is 9.07. The molecule has 4 aromatic heterocycles. The number of nitro groups is 1. The Labute approximate surface area is 259 Å². The molecule has 13 nitrogen and oxygen atoms in total. The number of aromatic carboxylic acids is 1. The zero-order valence-electron chi connectivity index (χ0n) is 23.7. The first-order valence-electron chi connectivity index (χ1n) is 13.8. The van der Waals surface area contributed by atoms with Crippen molar-refractivity contribution in [3.05, 3.63) is 97.4 Å². The highest BCUT2D eigenvalue weighted by atomic mass is 32.1. The minimum absolute atomic E-state index is 0.0498. The Balaban J connectivity index is 1.28. The molecule has 1 saturated heterocycles. The van der Waals surface area contributed by atoms with E-state index in [1.54, 1.807) is 29.2 Å². The largest absolute Gasteiger partial charge is 0.477 e. The van der Waals surface area contributed by atoms with Crippen LogP contribution in [0.25, 0.3) is 37.3 Å². The van der Waals surface area contributed by atoms with Gasteiger partial charge in [0.25, 0.3) is 5.91 Å². The van der Waals surface area contributed by atoms with Crippen molar-refractivity contribution in [2.75, 3.05) is 31.1 Å². The molecule has 16 heteroatoms. The quantitative estimate of drug-likeness (QED) is 0.202. The van der Waals surface area contributed by atoms with Gasteiger partial charge in [0, 0.05) is 32.2 Å². The number of anilines is 1. The summed E-state index contributed by atoms with van der Waals surface area (Å²) in [4.78, 5) is 58.4. The first-order valence-corrected chi connectivity index (χ1v) is 14.6. The monoisotopic (exact) mass is 646 g/mol. The number of hydrogen-bond donors (Lipinski definition) is 1. The molecule has 1 fully saturated rings. The number of carboxylic acids is 1. The third-order valence-electron chi connectivity index (χ3n) is 7.93. The van der Waals surface area contributed by atoms with Gasteiger partial charge in [0.2, 0.25) is 11.2 Å². The van der Waals surface area contributed by atoms with Crippen molar-refractivity contribution in [2.24, 2.45) is 0 Å². The molecule has 0 aliphatic carbocycles. The van der Waals surface area contributed by atoms with Gasteiger partial charge in [0.15, 0.2) is 5.65 Å². The number of fused-ring (bicyclic) bond motifs is 5. The van der Waals surface area contributed by atoms with Gasteiger partial charge in [-0.15, -0.1) is 11.3 Å². The number of nitrogens with zero attached hydrogens (tertiary/aromatic N) is 6. The molecule has 0 unspecified atom stereocenters. The van der Waals surface area contributed by atoms with Crippen molar-refractivity contribution in [3.63, 3.8) is 0 Å². The van der Waals surface area contributed by atoms with E-state index in [1.165, 1.54) is 22.3 Å². The van der Waals surface area contributed by atoms with Crippen LogP contribution in [0.1, 0.15) is 26.5 Å². The summed E-state index contributed by atoms with van der Waals surface area (Å²) < 4.78 is 36.5. The highest BCUT2D eigenvalue weighted by Crippen LogP contribution is 2.36. The van der Waals surface area contributed by atoms with Gasteiger partial charge in [0.1, 0.15) is 39.0 Å². The number of amides is 1. The van der Waals surface area contributed by atoms with Crippen LogP contribution in [0.2, 0.25) is 0 Å². The van der Waals surface area contributed by atoms with Crippen molar-refractivity contribution in [2.45, 2.75) is 6.92 Å². The first kappa shape index (κ1) is 29.0. The maximum Gasteiger partial charge on any atom is 0.342 e. The van der Waals surface area contributed by atoms with Gasteiger partial charge in [-0.2, -0.15) is 0 Å². The summed E-state index contributed by atoms with van der Waals surface area (Å²) in [6, 6.07) is 11.3. The molecule has 1 amide bonds. The summed E-state index contributed by atoms with van der Waals surface area (Å²) in [5.41, 5.74) is -2.15. The molecule has 7 rings (SSSR count). The molecule has 0 spiro atoms. The number of aryl methyl sites for hydroxylation is 1. The molecule has 232 valence electrons. The number of halogens is 2. The van der Waals surface area contributed by atoms with Crippen LogP contribution in [0.5, 0.6) is 0 Å². The van der Waals surface area contributed by atoms with E-state index in [1.807, 2.05) is 0 Å². The standard InChI is InChI=1S/C30H20F2N6O7S/c1-14-21(24(34-45-14)22-16(31)5-4-6-17(22)32)28(40)36-11-9-35(10-12-36)27-19(38(43)44)13-15-25(39)23(30(41)42)29-37(26(15)33-27)18-7-2-3-8-20(18)46-29/h2-8,13H,9-12H2,1H3,(H,41,42). The van der Waals surface area contributed by atoms with E-state index >= 15 is 0 Å². The van der Waals surface area contributed by atoms with E-state index in [9.17, 15) is 38.4 Å². The van der Waals surface area contributed by atoms with Gasteiger partial charge in [-0.1, -0.05) is 23.4 Å². The fraction of sp³-hybridized carbons (Fsp3) is 0.167. The molecule has 0 saturated carbocycles. The van der Waals surface area contributed by atoms with Crippen LogP contribution in [0.4, 0.5) is 20.3 Å². The average molecular weight is 647 g/mol. The van der Waals surface area contributed by atoms with E-state index < -0.39 is 50.7 Å². The molecule has 5 heterocycles. The predicted molar refractivity (Wildman–Crippen MR) is 163 cm³/mol. The SMILES string of the molecule is Cc1onc(-c2c(F)cccc2F)c1C(=O)N1CCN(c2nc3c(cc2[N+](=O)[O-])c(=O)c(C(=O)O)c2sc4ccccc4n23)CC1. The van der Waals surface area contributed by atoms with E-state index in [4.69, 9.17) is 4.52 Å². The van der Waals surface area contributed by atoms with Crippen LogP contribution >= 0.6 is 11.3 Å². The van der Waals surface area contributed by atoms with Gasteiger partial charge in [0.05, 0.1) is 26.1 Å². The number of carbonyl (C=O) groups is 2. The zero-order chi connectivity index (χ0) is 32.4. The maximum absolute atomic E-state index is 14.6. The lowest BCUT2D eigenvalue weighted by molar-refractivity contribution is -0.384. The Hall–Kier alpha value is -5.77. The average Bonchev–Trinajstić information content (AvgIpc) is 3.60. The number of thiazole rings is 1. The highest BCUT2D eigenvalue weighted by Gasteiger charge is 2.34. The Morgan fingerprint density at radius 3 is 2.41 bits per heavy atom. The molecule has 0 radical (unpaired) electrons. The van der Waals surface area contributed by atoms with Crippen molar-refractivity contribution in [3.8, 4) is 11.3 Å². The van der Waals surface area contributed by atoms with Gasteiger partial charge in [-0.05, 0) is 31.2 Å². The number of aromatic nitrogens is 3. The topological polar surface area (TPSA) is 164 Å². The lowest BCUT2D eigenvalue weighted by atomic mass is 10.0. The Morgan fingerprint density at radius 2 is 1.74 bits per heavy atom. The second kappa shape index (κ2) is 10.7. The lowest BCUT2D eigenvalue weighted by Gasteiger charge is -2.35. The second-order valence-corrected chi connectivity index (χ2v) is 11.5. The number of carbonyl (C=O) groups excluding carboxylic acids is 1. The van der Waals surface area contributed by atoms with E-state index in [0.717, 1.165) is 29.5 Å². The van der Waals surface area contributed by atoms with Gasteiger partial charge < -0.3 is 19.4 Å². The molecule has 1 aliphatic heterocycles. The zero-order valence-corrected chi connectivity index (χ0v) is 24.5. The van der Waals surface area contributed by atoms with Gasteiger partial charge in [-0.25, -0.2) is 18.6 Å². The first-order chi connectivity index (χ1) is 22.1. The summed E-state index contributed by atoms with van der Waals surface area (Å²) in [5, 5.41) is 25.7. The molecule has 0 bridgehead atoms. The van der Waals surface area contributed by atoms with Crippen LogP contribution < -0.4 is 10.3 Å². The molecule has 0 atom stereocenters. The Kier molecular flexibility index (Phi) is 6.73. The summed E-state index contributed by atoms with van der Waals surface area (Å²) in [7, 11) is 0. The van der Waals surface area contributed by atoms with Crippen LogP contribution in [0.3, 0.4) is 0 Å². The highest BCUT2D eigenvalue weighted by molar-refractivity contribution is 7.24. The Morgan fingerprint density at radius 1 is 1.04 bits per heavy atom. The third kappa shape index (κ3) is 4.36.